The van der Waals surface area contributed by atoms with E-state index < -0.39 is 11.7 Å². The molecular weight excluding hydrogens is 377 g/mol. The van der Waals surface area contributed by atoms with E-state index in [1.54, 1.807) is 12.1 Å². The SMILES string of the molecule is Cc1cc(CNc2cccc(-c3ccnc4c(C(F)(F)F)cccc34)c2)oc1C. The molecule has 0 spiro atoms. The third-order valence-electron chi connectivity index (χ3n) is 4.93. The highest BCUT2D eigenvalue weighted by atomic mass is 19.4. The van der Waals surface area contributed by atoms with Gasteiger partial charge in [0.1, 0.15) is 11.5 Å². The Morgan fingerprint density at radius 2 is 1.79 bits per heavy atom. The molecule has 3 nitrogen and oxygen atoms in total. The molecule has 0 aliphatic heterocycles. The van der Waals surface area contributed by atoms with E-state index in [-0.39, 0.29) is 5.52 Å². The van der Waals surface area contributed by atoms with Gasteiger partial charge >= 0.3 is 6.18 Å². The molecule has 4 aromatic rings. The van der Waals surface area contributed by atoms with Gasteiger partial charge in [0.15, 0.2) is 0 Å². The van der Waals surface area contributed by atoms with Crippen LogP contribution in [0.3, 0.4) is 0 Å². The second-order valence-corrected chi connectivity index (χ2v) is 6.94. The Morgan fingerprint density at radius 3 is 2.52 bits per heavy atom. The van der Waals surface area contributed by atoms with Crippen LogP contribution in [0.1, 0.15) is 22.6 Å². The molecule has 0 aliphatic carbocycles. The van der Waals surface area contributed by atoms with Crippen LogP contribution >= 0.6 is 0 Å². The average molecular weight is 396 g/mol. The molecule has 0 bridgehead atoms. The van der Waals surface area contributed by atoms with Gasteiger partial charge in [0, 0.05) is 17.3 Å². The van der Waals surface area contributed by atoms with Gasteiger partial charge in [0.05, 0.1) is 17.6 Å². The summed E-state index contributed by atoms with van der Waals surface area (Å²) in [5, 5.41) is 3.78. The highest BCUT2D eigenvalue weighted by molar-refractivity contribution is 5.96. The first kappa shape index (κ1) is 19.1. The number of anilines is 1. The number of pyridine rings is 1. The summed E-state index contributed by atoms with van der Waals surface area (Å²) in [6, 6.07) is 15.4. The lowest BCUT2D eigenvalue weighted by Crippen LogP contribution is -2.06. The molecule has 1 N–H and O–H groups in total. The number of fused-ring (bicyclic) bond motifs is 1. The van der Waals surface area contributed by atoms with E-state index in [1.165, 1.54) is 12.3 Å². The predicted molar refractivity (Wildman–Crippen MR) is 108 cm³/mol. The zero-order valence-electron chi connectivity index (χ0n) is 16.0. The number of rotatable bonds is 4. The number of aromatic nitrogens is 1. The monoisotopic (exact) mass is 396 g/mol. The minimum atomic E-state index is -4.45. The fourth-order valence-electron chi connectivity index (χ4n) is 3.38. The standard InChI is InChI=1S/C23H19F3N2O/c1-14-11-18(29-15(14)2)13-28-17-6-3-5-16(12-17)19-9-10-27-22-20(19)7-4-8-21(22)23(24,25)26/h3-12,28H,13H2,1-2H3. The topological polar surface area (TPSA) is 38.1 Å². The fourth-order valence-corrected chi connectivity index (χ4v) is 3.38. The zero-order valence-corrected chi connectivity index (χ0v) is 16.0. The van der Waals surface area contributed by atoms with Crippen LogP contribution in [0.15, 0.2) is 65.2 Å². The summed E-state index contributed by atoms with van der Waals surface area (Å²) in [6.45, 7) is 4.43. The summed E-state index contributed by atoms with van der Waals surface area (Å²) >= 11 is 0. The van der Waals surface area contributed by atoms with Gasteiger partial charge in [-0.25, -0.2) is 0 Å². The van der Waals surface area contributed by atoms with Crippen molar-refractivity contribution in [2.45, 2.75) is 26.6 Å². The number of furan rings is 1. The Labute approximate surface area is 166 Å². The van der Waals surface area contributed by atoms with Crippen LogP contribution < -0.4 is 5.32 Å². The second kappa shape index (κ2) is 7.28. The Morgan fingerprint density at radius 1 is 1.00 bits per heavy atom. The number of aryl methyl sites for hydroxylation is 2. The molecule has 0 saturated carbocycles. The summed E-state index contributed by atoms with van der Waals surface area (Å²) in [7, 11) is 0. The van der Waals surface area contributed by atoms with E-state index in [2.05, 4.69) is 10.3 Å². The van der Waals surface area contributed by atoms with Crippen LogP contribution in [0.25, 0.3) is 22.0 Å². The summed E-state index contributed by atoms with van der Waals surface area (Å²) in [4.78, 5) is 3.99. The predicted octanol–water partition coefficient (Wildman–Crippen LogP) is 6.74. The van der Waals surface area contributed by atoms with Crippen molar-refractivity contribution in [3.05, 3.63) is 83.4 Å². The molecule has 0 atom stereocenters. The van der Waals surface area contributed by atoms with E-state index >= 15 is 0 Å². The van der Waals surface area contributed by atoms with Crippen molar-refractivity contribution in [1.29, 1.82) is 0 Å². The maximum atomic E-state index is 13.3. The number of alkyl halides is 3. The summed E-state index contributed by atoms with van der Waals surface area (Å²) < 4.78 is 45.7. The highest BCUT2D eigenvalue weighted by Crippen LogP contribution is 2.37. The zero-order chi connectivity index (χ0) is 20.6. The summed E-state index contributed by atoms with van der Waals surface area (Å²) in [6.07, 6.45) is -3.03. The molecule has 0 radical (unpaired) electrons. The van der Waals surface area contributed by atoms with Gasteiger partial charge in [0.2, 0.25) is 0 Å². The van der Waals surface area contributed by atoms with Gasteiger partial charge < -0.3 is 9.73 Å². The molecule has 0 unspecified atom stereocenters. The summed E-state index contributed by atoms with van der Waals surface area (Å²) in [5.41, 5.74) is 2.69. The molecule has 0 amide bonds. The van der Waals surface area contributed by atoms with Gasteiger partial charge in [-0.15, -0.1) is 0 Å². The Kier molecular flexibility index (Phi) is 4.78. The van der Waals surface area contributed by atoms with Crippen LogP contribution in [-0.4, -0.2) is 4.98 Å². The minimum absolute atomic E-state index is 0.0441. The third-order valence-corrected chi connectivity index (χ3v) is 4.93. The molecule has 2 aromatic heterocycles. The Balaban J connectivity index is 1.68. The molecular formula is C23H19F3N2O. The number of hydrogen-bond donors (Lipinski definition) is 1. The maximum absolute atomic E-state index is 13.3. The van der Waals surface area contributed by atoms with E-state index in [9.17, 15) is 13.2 Å². The van der Waals surface area contributed by atoms with E-state index in [0.29, 0.717) is 17.5 Å². The normalized spacial score (nSPS) is 11.8. The number of nitrogens with zero attached hydrogens (tertiary/aromatic N) is 1. The van der Waals surface area contributed by atoms with Crippen molar-refractivity contribution in [3.8, 4) is 11.1 Å². The van der Waals surface area contributed by atoms with Gasteiger partial charge in [0.25, 0.3) is 0 Å². The summed E-state index contributed by atoms with van der Waals surface area (Å²) in [5.74, 6) is 1.72. The number of halogens is 3. The van der Waals surface area contributed by atoms with Crippen molar-refractivity contribution in [2.75, 3.05) is 5.32 Å². The number of hydrogen-bond acceptors (Lipinski definition) is 3. The van der Waals surface area contributed by atoms with Crippen molar-refractivity contribution >= 4 is 16.6 Å². The molecule has 2 aromatic carbocycles. The van der Waals surface area contributed by atoms with Crippen LogP contribution in [0.2, 0.25) is 0 Å². The second-order valence-electron chi connectivity index (χ2n) is 6.94. The Bertz CT molecular complexity index is 1160. The van der Waals surface area contributed by atoms with Gasteiger partial charge in [-0.2, -0.15) is 13.2 Å². The smallest absolute Gasteiger partial charge is 0.418 e. The molecule has 0 fully saturated rings. The first-order valence-electron chi connectivity index (χ1n) is 9.18. The Hall–Kier alpha value is -3.28. The van der Waals surface area contributed by atoms with Crippen LogP contribution in [-0.2, 0) is 12.7 Å². The fraction of sp³-hybridized carbons (Fsp3) is 0.174. The lowest BCUT2D eigenvalue weighted by atomic mass is 9.99. The number of para-hydroxylation sites is 1. The van der Waals surface area contributed by atoms with Crippen molar-refractivity contribution in [3.63, 3.8) is 0 Å². The molecule has 6 heteroatoms. The van der Waals surface area contributed by atoms with E-state index in [4.69, 9.17) is 4.42 Å². The quantitative estimate of drug-likeness (QED) is 0.415. The number of benzene rings is 2. The van der Waals surface area contributed by atoms with Gasteiger partial charge in [-0.1, -0.05) is 24.3 Å². The highest BCUT2D eigenvalue weighted by Gasteiger charge is 2.33. The lowest BCUT2D eigenvalue weighted by Gasteiger charge is -2.13. The third kappa shape index (κ3) is 3.83. The molecule has 0 aliphatic rings. The van der Waals surface area contributed by atoms with Crippen LogP contribution in [0.5, 0.6) is 0 Å². The largest absolute Gasteiger partial charge is 0.464 e. The maximum Gasteiger partial charge on any atom is 0.418 e. The van der Waals surface area contributed by atoms with E-state index in [1.807, 2.05) is 44.2 Å². The lowest BCUT2D eigenvalue weighted by molar-refractivity contribution is -0.136. The van der Waals surface area contributed by atoms with Crippen LogP contribution in [0, 0.1) is 13.8 Å². The van der Waals surface area contributed by atoms with E-state index in [0.717, 1.165) is 34.4 Å². The first-order valence-corrected chi connectivity index (χ1v) is 9.18. The molecule has 4 rings (SSSR count). The van der Waals surface area contributed by atoms with Crippen molar-refractivity contribution in [2.24, 2.45) is 0 Å². The molecule has 0 saturated heterocycles. The average Bonchev–Trinajstić information content (AvgIpc) is 3.02. The number of nitrogens with one attached hydrogen (secondary N) is 1. The molecule has 2 heterocycles. The van der Waals surface area contributed by atoms with Gasteiger partial charge in [-0.3, -0.25) is 4.98 Å². The van der Waals surface area contributed by atoms with Crippen molar-refractivity contribution < 1.29 is 17.6 Å². The molecule has 29 heavy (non-hydrogen) atoms. The van der Waals surface area contributed by atoms with Crippen molar-refractivity contribution in [1.82, 2.24) is 4.98 Å². The van der Waals surface area contributed by atoms with Gasteiger partial charge in [-0.05, 0) is 60.9 Å². The first-order chi connectivity index (χ1) is 13.8. The molecule has 148 valence electrons. The minimum Gasteiger partial charge on any atom is -0.464 e. The van der Waals surface area contributed by atoms with Crippen LogP contribution in [0.4, 0.5) is 18.9 Å².